The molecule has 11 heteroatoms. The molecule has 0 aliphatic carbocycles. The average Bonchev–Trinajstić information content (AvgIpc) is 2.70. The van der Waals surface area contributed by atoms with Crippen LogP contribution in [0.1, 0.15) is 16.7 Å². The lowest BCUT2D eigenvalue weighted by atomic mass is 10.1. The molecule has 11 nitrogen and oxygen atoms in total. The summed E-state index contributed by atoms with van der Waals surface area (Å²) in [5, 5.41) is 39.9. The molecule has 0 saturated carbocycles. The molecule has 0 spiro atoms. The second-order valence-corrected chi connectivity index (χ2v) is 5.71. The number of nitro groups is 2. The topological polar surface area (TPSA) is 170 Å². The van der Waals surface area contributed by atoms with Crippen LogP contribution in [-0.2, 0) is 16.2 Å². The molecule has 0 atom stereocenters. The summed E-state index contributed by atoms with van der Waals surface area (Å²) in [6.07, 6.45) is 4.20. The Hall–Kier alpha value is -4.38. The highest BCUT2D eigenvalue weighted by Crippen LogP contribution is 2.29. The third kappa shape index (κ3) is 5.81. The Bertz CT molecular complexity index is 1070. The normalized spacial score (nSPS) is 11.0. The molecular formula is C19H14N2O9. The summed E-state index contributed by atoms with van der Waals surface area (Å²) in [6.45, 7) is -0.578. The summed E-state index contributed by atoms with van der Waals surface area (Å²) < 4.78 is 4.99. The predicted octanol–water partition coefficient (Wildman–Crippen LogP) is 2.71. The molecule has 2 aromatic carbocycles. The van der Waals surface area contributed by atoms with Gasteiger partial charge in [0.25, 0.3) is 5.69 Å². The summed E-state index contributed by atoms with van der Waals surface area (Å²) in [5.41, 5.74) is -0.114. The van der Waals surface area contributed by atoms with Crippen LogP contribution in [0.2, 0.25) is 0 Å². The number of hydrogen-bond donors (Lipinski definition) is 2. The maximum atomic E-state index is 12.1. The van der Waals surface area contributed by atoms with Gasteiger partial charge in [-0.2, -0.15) is 0 Å². The van der Waals surface area contributed by atoms with Crippen molar-refractivity contribution in [3.63, 3.8) is 0 Å². The quantitative estimate of drug-likeness (QED) is 0.217. The Kier molecular flexibility index (Phi) is 7.09. The number of hydrogen-bond acceptors (Lipinski definition) is 8. The minimum atomic E-state index is -1.22. The molecule has 0 unspecified atom stereocenters. The molecule has 2 aromatic rings. The number of carbonyl (C=O) groups excluding carboxylic acids is 1. The van der Waals surface area contributed by atoms with E-state index in [0.717, 1.165) is 24.3 Å². The van der Waals surface area contributed by atoms with Crippen molar-refractivity contribution in [3.05, 3.63) is 85.5 Å². The molecule has 0 aromatic heterocycles. The number of nitro benzene ring substituents is 2. The second-order valence-electron chi connectivity index (χ2n) is 5.71. The minimum absolute atomic E-state index is 0.0454. The molecule has 2 rings (SSSR count). The minimum Gasteiger partial charge on any atom is -0.478 e. The zero-order chi connectivity index (χ0) is 22.3. The fourth-order valence-electron chi connectivity index (χ4n) is 2.36. The standard InChI is InChI=1S/C19H14N2O9/c22-11-14-9-12(1-5-15(14)20(26)27)4-8-19(25)30-17-10-13(3-7-18(23)24)2-6-16(17)21(28)29/h1-10,22H,11H2,(H,23,24)/b7-3+,8-4+. The van der Waals surface area contributed by atoms with Gasteiger partial charge in [0.05, 0.1) is 22.0 Å². The molecule has 0 aliphatic heterocycles. The van der Waals surface area contributed by atoms with Crippen molar-refractivity contribution in [2.45, 2.75) is 6.61 Å². The Balaban J connectivity index is 2.24. The number of aliphatic carboxylic acids is 1. The number of aliphatic hydroxyl groups is 1. The van der Waals surface area contributed by atoms with E-state index >= 15 is 0 Å². The first-order chi connectivity index (χ1) is 14.2. The molecule has 0 bridgehead atoms. The maximum absolute atomic E-state index is 12.1. The number of carbonyl (C=O) groups is 2. The van der Waals surface area contributed by atoms with Crippen LogP contribution in [0.25, 0.3) is 12.2 Å². The summed E-state index contributed by atoms with van der Waals surface area (Å²) in [4.78, 5) is 43.2. The predicted molar refractivity (Wildman–Crippen MR) is 103 cm³/mol. The van der Waals surface area contributed by atoms with E-state index < -0.39 is 34.1 Å². The van der Waals surface area contributed by atoms with Gasteiger partial charge in [0.2, 0.25) is 5.75 Å². The van der Waals surface area contributed by atoms with Crippen molar-refractivity contribution in [1.82, 2.24) is 0 Å². The van der Waals surface area contributed by atoms with E-state index in [9.17, 15) is 34.9 Å². The first-order valence-electron chi connectivity index (χ1n) is 8.18. The molecular weight excluding hydrogens is 400 g/mol. The lowest BCUT2D eigenvalue weighted by Gasteiger charge is -2.04. The van der Waals surface area contributed by atoms with Crippen LogP contribution in [0.4, 0.5) is 11.4 Å². The van der Waals surface area contributed by atoms with Crippen molar-refractivity contribution < 1.29 is 34.4 Å². The number of rotatable bonds is 8. The maximum Gasteiger partial charge on any atom is 0.336 e. The summed E-state index contributed by atoms with van der Waals surface area (Å²) in [5.74, 6) is -2.58. The molecule has 0 aliphatic rings. The van der Waals surface area contributed by atoms with Crippen LogP contribution in [0.5, 0.6) is 5.75 Å². The van der Waals surface area contributed by atoms with Crippen molar-refractivity contribution in [2.24, 2.45) is 0 Å². The summed E-state index contributed by atoms with van der Waals surface area (Å²) >= 11 is 0. The monoisotopic (exact) mass is 414 g/mol. The van der Waals surface area contributed by atoms with Gasteiger partial charge in [0, 0.05) is 24.3 Å². The smallest absolute Gasteiger partial charge is 0.336 e. The summed E-state index contributed by atoms with van der Waals surface area (Å²) in [6, 6.07) is 7.32. The highest BCUT2D eigenvalue weighted by atomic mass is 16.6. The van der Waals surface area contributed by atoms with Gasteiger partial charge in [-0.25, -0.2) is 9.59 Å². The van der Waals surface area contributed by atoms with E-state index in [1.165, 1.54) is 36.4 Å². The van der Waals surface area contributed by atoms with E-state index in [1.807, 2.05) is 0 Å². The molecule has 0 amide bonds. The van der Waals surface area contributed by atoms with Gasteiger partial charge < -0.3 is 14.9 Å². The highest BCUT2D eigenvalue weighted by molar-refractivity contribution is 5.90. The van der Waals surface area contributed by atoms with E-state index in [0.29, 0.717) is 5.56 Å². The number of carboxylic acid groups (broad SMARTS) is 1. The van der Waals surface area contributed by atoms with E-state index in [2.05, 4.69) is 0 Å². The number of nitrogens with zero attached hydrogens (tertiary/aromatic N) is 2. The fraction of sp³-hybridized carbons (Fsp3) is 0.0526. The van der Waals surface area contributed by atoms with Crippen LogP contribution < -0.4 is 4.74 Å². The summed E-state index contributed by atoms with van der Waals surface area (Å²) in [7, 11) is 0. The van der Waals surface area contributed by atoms with Crippen molar-refractivity contribution in [3.8, 4) is 5.75 Å². The van der Waals surface area contributed by atoms with Gasteiger partial charge in [-0.3, -0.25) is 20.2 Å². The third-order valence-electron chi connectivity index (χ3n) is 3.69. The Morgan fingerprint density at radius 1 is 0.933 bits per heavy atom. The molecule has 30 heavy (non-hydrogen) atoms. The molecule has 0 radical (unpaired) electrons. The zero-order valence-electron chi connectivity index (χ0n) is 15.1. The lowest BCUT2D eigenvalue weighted by Crippen LogP contribution is -2.06. The van der Waals surface area contributed by atoms with Crippen LogP contribution in [-0.4, -0.2) is 32.0 Å². The largest absolute Gasteiger partial charge is 0.478 e. The number of carboxylic acids is 1. The number of ether oxygens (including phenoxy) is 1. The highest BCUT2D eigenvalue weighted by Gasteiger charge is 2.18. The SMILES string of the molecule is O=C(O)/C=C/c1ccc([N+](=O)[O-])c(OC(=O)/C=C/c2ccc([N+](=O)[O-])c(CO)c2)c1. The molecule has 0 fully saturated rings. The van der Waals surface area contributed by atoms with E-state index in [-0.39, 0.29) is 22.6 Å². The Morgan fingerprint density at radius 2 is 1.50 bits per heavy atom. The zero-order valence-corrected chi connectivity index (χ0v) is 15.1. The Labute approximate surface area is 168 Å². The van der Waals surface area contributed by atoms with Gasteiger partial charge in [-0.15, -0.1) is 0 Å². The van der Waals surface area contributed by atoms with Gasteiger partial charge in [-0.05, 0) is 47.5 Å². The van der Waals surface area contributed by atoms with Gasteiger partial charge in [0.1, 0.15) is 0 Å². The average molecular weight is 414 g/mol. The first kappa shape index (κ1) is 21.9. The lowest BCUT2D eigenvalue weighted by molar-refractivity contribution is -0.385. The second kappa shape index (κ2) is 9.71. The van der Waals surface area contributed by atoms with Crippen LogP contribution in [0, 0.1) is 20.2 Å². The number of aliphatic hydroxyl groups excluding tert-OH is 1. The van der Waals surface area contributed by atoms with Crippen molar-refractivity contribution in [1.29, 1.82) is 0 Å². The van der Waals surface area contributed by atoms with Crippen molar-refractivity contribution >= 4 is 35.5 Å². The van der Waals surface area contributed by atoms with Gasteiger partial charge >= 0.3 is 17.6 Å². The van der Waals surface area contributed by atoms with Gasteiger partial charge in [0.15, 0.2) is 0 Å². The van der Waals surface area contributed by atoms with Crippen molar-refractivity contribution in [2.75, 3.05) is 0 Å². The molecule has 0 saturated heterocycles. The Morgan fingerprint density at radius 3 is 2.07 bits per heavy atom. The van der Waals surface area contributed by atoms with Crippen LogP contribution in [0.3, 0.4) is 0 Å². The van der Waals surface area contributed by atoms with E-state index in [4.69, 9.17) is 9.84 Å². The van der Waals surface area contributed by atoms with Crippen LogP contribution >= 0.6 is 0 Å². The fourth-order valence-corrected chi connectivity index (χ4v) is 2.36. The first-order valence-corrected chi connectivity index (χ1v) is 8.18. The molecule has 0 heterocycles. The van der Waals surface area contributed by atoms with Crippen LogP contribution in [0.15, 0.2) is 48.6 Å². The number of esters is 1. The number of benzene rings is 2. The third-order valence-corrected chi connectivity index (χ3v) is 3.69. The van der Waals surface area contributed by atoms with E-state index in [1.54, 1.807) is 0 Å². The molecule has 2 N–H and O–H groups in total. The van der Waals surface area contributed by atoms with Gasteiger partial charge in [-0.1, -0.05) is 0 Å². The molecule has 154 valence electrons.